The number of ether oxygens (including phenoxy) is 2. The Kier molecular flexibility index (Phi) is 5.92. The molecule has 0 radical (unpaired) electrons. The topological polar surface area (TPSA) is 38.8 Å². The second kappa shape index (κ2) is 6.97. The SMILES string of the molecule is CC(C)(C)CCCOC(=O)CN1CCOCC1. The van der Waals surface area contributed by atoms with Crippen LogP contribution < -0.4 is 0 Å². The van der Waals surface area contributed by atoms with Crippen LogP contribution in [0.15, 0.2) is 0 Å². The summed E-state index contributed by atoms with van der Waals surface area (Å²) in [5.74, 6) is -0.110. The average molecular weight is 243 g/mol. The fourth-order valence-corrected chi connectivity index (χ4v) is 1.78. The van der Waals surface area contributed by atoms with E-state index in [2.05, 4.69) is 25.7 Å². The van der Waals surface area contributed by atoms with E-state index in [9.17, 15) is 4.79 Å². The molecule has 0 saturated carbocycles. The van der Waals surface area contributed by atoms with Crippen molar-refractivity contribution in [3.63, 3.8) is 0 Å². The van der Waals surface area contributed by atoms with E-state index >= 15 is 0 Å². The number of hydrogen-bond acceptors (Lipinski definition) is 4. The number of esters is 1. The van der Waals surface area contributed by atoms with Crippen LogP contribution in [-0.4, -0.2) is 50.3 Å². The zero-order valence-electron chi connectivity index (χ0n) is 11.3. The predicted octanol–water partition coefficient (Wildman–Crippen LogP) is 1.69. The highest BCUT2D eigenvalue weighted by atomic mass is 16.5. The van der Waals surface area contributed by atoms with Crippen LogP contribution in [0.1, 0.15) is 33.6 Å². The van der Waals surface area contributed by atoms with Gasteiger partial charge in [-0.15, -0.1) is 0 Å². The molecule has 17 heavy (non-hydrogen) atoms. The Bertz CT molecular complexity index is 229. The molecule has 1 saturated heterocycles. The van der Waals surface area contributed by atoms with Crippen LogP contribution in [0, 0.1) is 5.41 Å². The Labute approximate surface area is 104 Å². The lowest BCUT2D eigenvalue weighted by molar-refractivity contribution is -0.146. The van der Waals surface area contributed by atoms with Crippen molar-refractivity contribution in [2.45, 2.75) is 33.6 Å². The van der Waals surface area contributed by atoms with Gasteiger partial charge in [-0.2, -0.15) is 0 Å². The minimum absolute atomic E-state index is 0.110. The fourth-order valence-electron chi connectivity index (χ4n) is 1.78. The van der Waals surface area contributed by atoms with Crippen LogP contribution in [0.2, 0.25) is 0 Å². The van der Waals surface area contributed by atoms with Gasteiger partial charge < -0.3 is 9.47 Å². The van der Waals surface area contributed by atoms with Crippen LogP contribution in [-0.2, 0) is 14.3 Å². The van der Waals surface area contributed by atoms with Crippen molar-refractivity contribution in [3.8, 4) is 0 Å². The Hall–Kier alpha value is -0.610. The second-order valence-corrected chi connectivity index (χ2v) is 5.77. The summed E-state index contributed by atoms with van der Waals surface area (Å²) in [6, 6.07) is 0. The largest absolute Gasteiger partial charge is 0.465 e. The van der Waals surface area contributed by atoms with Crippen molar-refractivity contribution in [1.29, 1.82) is 0 Å². The molecule has 0 aromatic rings. The molecule has 0 bridgehead atoms. The molecular formula is C13H25NO3. The predicted molar refractivity (Wildman–Crippen MR) is 66.9 cm³/mol. The normalized spacial score (nSPS) is 18.1. The molecule has 4 nitrogen and oxygen atoms in total. The lowest BCUT2D eigenvalue weighted by Gasteiger charge is -2.25. The van der Waals surface area contributed by atoms with Gasteiger partial charge in [-0.25, -0.2) is 0 Å². The van der Waals surface area contributed by atoms with E-state index in [1.54, 1.807) is 0 Å². The van der Waals surface area contributed by atoms with Crippen LogP contribution in [0.5, 0.6) is 0 Å². The zero-order valence-corrected chi connectivity index (χ0v) is 11.3. The summed E-state index contributed by atoms with van der Waals surface area (Å²) < 4.78 is 10.4. The van der Waals surface area contributed by atoms with Crippen molar-refractivity contribution >= 4 is 5.97 Å². The molecule has 0 spiro atoms. The van der Waals surface area contributed by atoms with Crippen LogP contribution in [0.4, 0.5) is 0 Å². The van der Waals surface area contributed by atoms with E-state index in [1.165, 1.54) is 0 Å². The minimum Gasteiger partial charge on any atom is -0.465 e. The molecule has 100 valence electrons. The summed E-state index contributed by atoms with van der Waals surface area (Å²) in [6.45, 7) is 10.6. The third kappa shape index (κ3) is 7.34. The molecule has 0 atom stereocenters. The maximum absolute atomic E-state index is 11.5. The molecule has 0 unspecified atom stereocenters. The van der Waals surface area contributed by atoms with E-state index < -0.39 is 0 Å². The summed E-state index contributed by atoms with van der Waals surface area (Å²) in [7, 11) is 0. The van der Waals surface area contributed by atoms with Crippen LogP contribution in [0.25, 0.3) is 0 Å². The highest BCUT2D eigenvalue weighted by Gasteiger charge is 2.15. The van der Waals surface area contributed by atoms with Gasteiger partial charge in [0, 0.05) is 13.1 Å². The highest BCUT2D eigenvalue weighted by molar-refractivity contribution is 5.71. The average Bonchev–Trinajstić information content (AvgIpc) is 2.25. The molecule has 1 heterocycles. The van der Waals surface area contributed by atoms with Crippen LogP contribution >= 0.6 is 0 Å². The van der Waals surface area contributed by atoms with Crippen molar-refractivity contribution in [2.24, 2.45) is 5.41 Å². The number of carbonyl (C=O) groups is 1. The second-order valence-electron chi connectivity index (χ2n) is 5.77. The molecule has 1 aliphatic rings. The summed E-state index contributed by atoms with van der Waals surface area (Å²) in [5, 5.41) is 0. The molecular weight excluding hydrogens is 218 g/mol. The first-order valence-corrected chi connectivity index (χ1v) is 6.43. The van der Waals surface area contributed by atoms with Gasteiger partial charge in [0.15, 0.2) is 0 Å². The van der Waals surface area contributed by atoms with Gasteiger partial charge in [0.05, 0.1) is 26.4 Å². The number of hydrogen-bond donors (Lipinski definition) is 0. The Morgan fingerprint density at radius 2 is 1.94 bits per heavy atom. The number of morpholine rings is 1. The summed E-state index contributed by atoms with van der Waals surface area (Å²) in [4.78, 5) is 13.6. The number of nitrogens with zero attached hydrogens (tertiary/aromatic N) is 1. The first-order valence-electron chi connectivity index (χ1n) is 6.43. The van der Waals surface area contributed by atoms with E-state index in [1.807, 2.05) is 0 Å². The van der Waals surface area contributed by atoms with Gasteiger partial charge in [0.2, 0.25) is 0 Å². The quantitative estimate of drug-likeness (QED) is 0.544. The molecule has 0 aromatic heterocycles. The summed E-state index contributed by atoms with van der Waals surface area (Å²) in [6.07, 6.45) is 2.02. The first kappa shape index (κ1) is 14.5. The Morgan fingerprint density at radius 3 is 2.53 bits per heavy atom. The summed E-state index contributed by atoms with van der Waals surface area (Å²) >= 11 is 0. The lowest BCUT2D eigenvalue weighted by atomic mass is 9.91. The Balaban J connectivity index is 2.04. The maximum atomic E-state index is 11.5. The lowest BCUT2D eigenvalue weighted by Crippen LogP contribution is -2.40. The van der Waals surface area contributed by atoms with Gasteiger partial charge in [-0.05, 0) is 18.3 Å². The van der Waals surface area contributed by atoms with Crippen molar-refractivity contribution < 1.29 is 14.3 Å². The summed E-state index contributed by atoms with van der Waals surface area (Å²) in [5.41, 5.74) is 0.316. The van der Waals surface area contributed by atoms with E-state index in [4.69, 9.17) is 9.47 Å². The standard InChI is InChI=1S/C13H25NO3/c1-13(2,3)5-4-8-17-12(15)11-14-6-9-16-10-7-14/h4-11H2,1-3H3. The van der Waals surface area contributed by atoms with E-state index in [0.29, 0.717) is 18.6 Å². The van der Waals surface area contributed by atoms with Gasteiger partial charge in [0.25, 0.3) is 0 Å². The monoisotopic (exact) mass is 243 g/mol. The number of rotatable bonds is 5. The smallest absolute Gasteiger partial charge is 0.320 e. The Morgan fingerprint density at radius 1 is 1.29 bits per heavy atom. The van der Waals surface area contributed by atoms with Gasteiger partial charge >= 0.3 is 5.97 Å². The molecule has 4 heteroatoms. The third-order valence-corrected chi connectivity index (χ3v) is 2.79. The van der Waals surface area contributed by atoms with Crippen molar-refractivity contribution in [1.82, 2.24) is 4.90 Å². The zero-order chi connectivity index (χ0) is 12.7. The minimum atomic E-state index is -0.110. The fraction of sp³-hybridized carbons (Fsp3) is 0.923. The molecule has 0 aromatic carbocycles. The van der Waals surface area contributed by atoms with E-state index in [-0.39, 0.29) is 5.97 Å². The molecule has 1 rings (SSSR count). The van der Waals surface area contributed by atoms with Gasteiger partial charge in [-0.3, -0.25) is 9.69 Å². The van der Waals surface area contributed by atoms with Crippen LogP contribution in [0.3, 0.4) is 0 Å². The maximum Gasteiger partial charge on any atom is 0.320 e. The van der Waals surface area contributed by atoms with Gasteiger partial charge in [0.1, 0.15) is 0 Å². The molecule has 0 aliphatic carbocycles. The first-order chi connectivity index (χ1) is 7.97. The number of carbonyl (C=O) groups excluding carboxylic acids is 1. The van der Waals surface area contributed by atoms with Crippen molar-refractivity contribution in [2.75, 3.05) is 39.5 Å². The molecule has 0 N–H and O–H groups in total. The molecule has 1 fully saturated rings. The highest BCUT2D eigenvalue weighted by Crippen LogP contribution is 2.20. The van der Waals surface area contributed by atoms with E-state index in [0.717, 1.165) is 39.1 Å². The molecule has 1 aliphatic heterocycles. The third-order valence-electron chi connectivity index (χ3n) is 2.79. The molecule has 0 amide bonds. The van der Waals surface area contributed by atoms with Gasteiger partial charge in [-0.1, -0.05) is 20.8 Å². The van der Waals surface area contributed by atoms with Crippen molar-refractivity contribution in [3.05, 3.63) is 0 Å².